The highest BCUT2D eigenvalue weighted by molar-refractivity contribution is 14.0. The van der Waals surface area contributed by atoms with Crippen molar-refractivity contribution in [2.45, 2.75) is 51.1 Å². The minimum Gasteiger partial charge on any atom is -0.379 e. The number of rotatable bonds is 5. The van der Waals surface area contributed by atoms with Crippen LogP contribution in [0, 0.1) is 6.92 Å². The molecule has 2 aliphatic rings. The maximum Gasteiger partial charge on any atom is 0.188 e. The summed E-state index contributed by atoms with van der Waals surface area (Å²) in [5.74, 6) is 0.605. The second kappa shape index (κ2) is 10.7. The van der Waals surface area contributed by atoms with Crippen molar-refractivity contribution < 1.29 is 4.74 Å². The number of guanidine groups is 1. The van der Waals surface area contributed by atoms with Gasteiger partial charge >= 0.3 is 0 Å². The van der Waals surface area contributed by atoms with Crippen molar-refractivity contribution in [3.05, 3.63) is 21.9 Å². The van der Waals surface area contributed by atoms with Crippen LogP contribution in [0.3, 0.4) is 0 Å². The molecule has 1 aromatic heterocycles. The highest BCUT2D eigenvalue weighted by Gasteiger charge is 2.24. The molecule has 0 spiro atoms. The molecule has 0 bridgehead atoms. The molecule has 1 aliphatic heterocycles. The van der Waals surface area contributed by atoms with Gasteiger partial charge in [0.1, 0.15) is 0 Å². The predicted octanol–water partition coefficient (Wildman–Crippen LogP) is 3.28. The highest BCUT2D eigenvalue weighted by Crippen LogP contribution is 2.28. The van der Waals surface area contributed by atoms with Gasteiger partial charge < -0.3 is 15.8 Å². The molecule has 2 fully saturated rings. The number of ether oxygens (including phenoxy) is 1. The lowest BCUT2D eigenvalue weighted by molar-refractivity contribution is 0.0186. The first-order valence-corrected chi connectivity index (χ1v) is 9.98. The Kier molecular flexibility index (Phi) is 8.95. The number of halogens is 1. The molecule has 1 saturated heterocycles. The van der Waals surface area contributed by atoms with Crippen molar-refractivity contribution in [2.75, 3.05) is 32.8 Å². The van der Waals surface area contributed by atoms with Gasteiger partial charge in [0, 0.05) is 28.9 Å². The van der Waals surface area contributed by atoms with E-state index in [0.717, 1.165) is 26.3 Å². The van der Waals surface area contributed by atoms with Gasteiger partial charge in [-0.15, -0.1) is 35.3 Å². The maximum absolute atomic E-state index is 6.16. The summed E-state index contributed by atoms with van der Waals surface area (Å²) in [4.78, 5) is 9.89. The minimum atomic E-state index is 0. The quantitative estimate of drug-likeness (QED) is 0.388. The molecule has 3 N–H and O–H groups in total. The lowest BCUT2D eigenvalue weighted by atomic mass is 9.96. The molecule has 1 unspecified atom stereocenters. The number of aliphatic imine (C=N–C) groups is 1. The van der Waals surface area contributed by atoms with E-state index >= 15 is 0 Å². The van der Waals surface area contributed by atoms with Gasteiger partial charge in [0.05, 0.1) is 25.8 Å². The third kappa shape index (κ3) is 6.37. The fraction of sp³-hybridized carbons (Fsp3) is 0.722. The zero-order valence-electron chi connectivity index (χ0n) is 15.1. The fourth-order valence-electron chi connectivity index (χ4n) is 3.59. The van der Waals surface area contributed by atoms with Crippen LogP contribution in [0.5, 0.6) is 0 Å². The number of hydrogen-bond acceptors (Lipinski definition) is 4. The lowest BCUT2D eigenvalue weighted by Crippen LogP contribution is -2.43. The lowest BCUT2D eigenvalue weighted by Gasteiger charge is -2.33. The normalized spacial score (nSPS) is 21.6. The van der Waals surface area contributed by atoms with Gasteiger partial charge in [-0.2, -0.15) is 0 Å². The van der Waals surface area contributed by atoms with E-state index < -0.39 is 0 Å². The van der Waals surface area contributed by atoms with Gasteiger partial charge in [-0.1, -0.05) is 19.3 Å². The zero-order chi connectivity index (χ0) is 16.8. The van der Waals surface area contributed by atoms with Gasteiger partial charge in [0.15, 0.2) is 5.96 Å². The Morgan fingerprint density at radius 2 is 2.04 bits per heavy atom. The van der Waals surface area contributed by atoms with Gasteiger partial charge in [0.2, 0.25) is 0 Å². The summed E-state index contributed by atoms with van der Waals surface area (Å²) in [5.41, 5.74) is 6.16. The monoisotopic (exact) mass is 478 g/mol. The van der Waals surface area contributed by atoms with Crippen LogP contribution in [-0.2, 0) is 4.74 Å². The maximum atomic E-state index is 6.16. The van der Waals surface area contributed by atoms with Crippen LogP contribution in [0.1, 0.15) is 47.9 Å². The number of hydrogen-bond donors (Lipinski definition) is 2. The van der Waals surface area contributed by atoms with Crippen LogP contribution in [0.25, 0.3) is 0 Å². The van der Waals surface area contributed by atoms with E-state index in [9.17, 15) is 0 Å². The van der Waals surface area contributed by atoms with E-state index in [1.807, 2.05) is 11.3 Å². The number of nitrogens with one attached hydrogen (secondary N) is 1. The molecule has 142 valence electrons. The van der Waals surface area contributed by atoms with E-state index in [0.29, 0.717) is 24.6 Å². The Bertz CT molecular complexity index is 539. The summed E-state index contributed by atoms with van der Waals surface area (Å²) < 4.78 is 5.51. The highest BCUT2D eigenvalue weighted by atomic mass is 127. The summed E-state index contributed by atoms with van der Waals surface area (Å²) in [6.07, 6.45) is 6.39. The first-order chi connectivity index (χ1) is 11.7. The molecule has 1 aliphatic carbocycles. The number of aryl methyl sites for hydroxylation is 1. The van der Waals surface area contributed by atoms with Gasteiger partial charge in [0.25, 0.3) is 0 Å². The average Bonchev–Trinajstić information content (AvgIpc) is 3.03. The Balaban J connectivity index is 0.00000225. The molecular formula is C18H31IN4OS. The smallest absolute Gasteiger partial charge is 0.188 e. The summed E-state index contributed by atoms with van der Waals surface area (Å²) >= 11 is 1.86. The standard InChI is InChI=1S/C18H30N4OS.HI/c1-14-7-8-17(24-14)16(22-9-11-23-12-10-22)13-20-18(19)21-15-5-3-2-4-6-15;/h7-8,15-16H,2-6,9-13H2,1H3,(H3,19,20,21);1H. The van der Waals surface area contributed by atoms with Crippen molar-refractivity contribution in [1.29, 1.82) is 0 Å². The molecule has 1 aromatic rings. The third-order valence-corrected chi connectivity index (χ3v) is 6.07. The first kappa shape index (κ1) is 20.9. The van der Waals surface area contributed by atoms with Crippen LogP contribution in [0.2, 0.25) is 0 Å². The van der Waals surface area contributed by atoms with E-state index in [1.165, 1.54) is 41.9 Å². The second-order valence-electron chi connectivity index (χ2n) is 6.82. The Morgan fingerprint density at radius 1 is 1.32 bits per heavy atom. The topological polar surface area (TPSA) is 62.9 Å². The average molecular weight is 478 g/mol. The van der Waals surface area contributed by atoms with Crippen LogP contribution in [0.4, 0.5) is 0 Å². The van der Waals surface area contributed by atoms with Gasteiger partial charge in [-0.05, 0) is 31.9 Å². The van der Waals surface area contributed by atoms with Crippen molar-refractivity contribution in [3.8, 4) is 0 Å². The number of nitrogens with zero attached hydrogens (tertiary/aromatic N) is 2. The SMILES string of the molecule is Cc1ccc(C(CN=C(N)NC2CCCCC2)N2CCOCC2)s1.I. The van der Waals surface area contributed by atoms with Crippen LogP contribution >= 0.6 is 35.3 Å². The van der Waals surface area contributed by atoms with E-state index in [4.69, 9.17) is 10.5 Å². The summed E-state index contributed by atoms with van der Waals surface area (Å²) in [6, 6.07) is 5.24. The largest absolute Gasteiger partial charge is 0.379 e. The van der Waals surface area contributed by atoms with Crippen LogP contribution in [-0.4, -0.2) is 49.7 Å². The summed E-state index contributed by atoms with van der Waals surface area (Å²) in [7, 11) is 0. The van der Waals surface area contributed by atoms with Crippen molar-refractivity contribution >= 4 is 41.3 Å². The fourth-order valence-corrected chi connectivity index (χ4v) is 4.60. The predicted molar refractivity (Wildman–Crippen MR) is 116 cm³/mol. The Morgan fingerprint density at radius 3 is 2.68 bits per heavy atom. The molecule has 0 radical (unpaired) electrons. The van der Waals surface area contributed by atoms with Gasteiger partial charge in [-0.25, -0.2) is 0 Å². The van der Waals surface area contributed by atoms with Crippen molar-refractivity contribution in [2.24, 2.45) is 10.7 Å². The van der Waals surface area contributed by atoms with Gasteiger partial charge in [-0.3, -0.25) is 9.89 Å². The third-order valence-electron chi connectivity index (χ3n) is 4.97. The molecule has 0 amide bonds. The number of thiophene rings is 1. The Hall–Kier alpha value is -0.380. The molecule has 25 heavy (non-hydrogen) atoms. The van der Waals surface area contributed by atoms with Crippen molar-refractivity contribution in [3.63, 3.8) is 0 Å². The molecule has 5 nitrogen and oxygen atoms in total. The molecule has 3 rings (SSSR count). The molecule has 0 aromatic carbocycles. The summed E-state index contributed by atoms with van der Waals surface area (Å²) in [6.45, 7) is 6.42. The van der Waals surface area contributed by atoms with Crippen molar-refractivity contribution in [1.82, 2.24) is 10.2 Å². The molecular weight excluding hydrogens is 447 g/mol. The molecule has 7 heteroatoms. The number of morpholine rings is 1. The molecule has 1 atom stereocenters. The van der Waals surface area contributed by atoms with E-state index in [-0.39, 0.29) is 24.0 Å². The zero-order valence-corrected chi connectivity index (χ0v) is 18.2. The van der Waals surface area contributed by atoms with Crippen LogP contribution in [0.15, 0.2) is 17.1 Å². The summed E-state index contributed by atoms with van der Waals surface area (Å²) in [5, 5.41) is 3.42. The van der Waals surface area contributed by atoms with Crippen LogP contribution < -0.4 is 11.1 Å². The van der Waals surface area contributed by atoms with E-state index in [2.05, 4.69) is 34.3 Å². The van der Waals surface area contributed by atoms with E-state index in [1.54, 1.807) is 0 Å². The second-order valence-corrected chi connectivity index (χ2v) is 8.14. The Labute approximate surface area is 172 Å². The molecule has 2 heterocycles. The first-order valence-electron chi connectivity index (χ1n) is 9.17. The number of nitrogens with two attached hydrogens (primary N) is 1. The molecule has 1 saturated carbocycles. The minimum absolute atomic E-state index is 0.